The number of nitrogens with zero attached hydrogens (tertiary/aromatic N) is 1. The molecule has 2 N–H and O–H groups in total. The maximum absolute atomic E-state index is 5.97. The molecule has 0 aliphatic carbocycles. The fourth-order valence-electron chi connectivity index (χ4n) is 1.94. The molecule has 104 valence electrons. The van der Waals surface area contributed by atoms with Crippen LogP contribution >= 0.6 is 11.3 Å². The molecular formula is C14H20N2O2S. The van der Waals surface area contributed by atoms with E-state index in [1.807, 2.05) is 38.4 Å². The van der Waals surface area contributed by atoms with Gasteiger partial charge in [0.2, 0.25) is 0 Å². The zero-order valence-corrected chi connectivity index (χ0v) is 12.4. The molecular weight excluding hydrogens is 260 g/mol. The Hall–Kier alpha value is -1.17. The zero-order chi connectivity index (χ0) is 13.8. The number of hydrogen-bond donors (Lipinski definition) is 1. The lowest BCUT2D eigenvalue weighted by Gasteiger charge is -2.19. The van der Waals surface area contributed by atoms with E-state index in [0.717, 1.165) is 23.6 Å². The first kappa shape index (κ1) is 14.2. The molecule has 0 fully saturated rings. The number of furan rings is 1. The third-order valence-corrected chi connectivity index (χ3v) is 3.99. The molecule has 0 aliphatic heterocycles. The van der Waals surface area contributed by atoms with Gasteiger partial charge in [0, 0.05) is 17.3 Å². The second kappa shape index (κ2) is 6.32. The Kier molecular flexibility index (Phi) is 4.74. The molecule has 0 spiro atoms. The van der Waals surface area contributed by atoms with Gasteiger partial charge in [0.05, 0.1) is 17.8 Å². The molecule has 2 rings (SSSR count). The molecule has 5 heteroatoms. The molecule has 2 unspecified atom stereocenters. The number of aromatic nitrogens is 1. The van der Waals surface area contributed by atoms with Crippen LogP contribution in [0.4, 0.5) is 0 Å². The molecule has 0 aromatic carbocycles. The molecule has 4 nitrogen and oxygen atoms in total. The minimum Gasteiger partial charge on any atom is -0.464 e. The number of ether oxygens (including phenoxy) is 1. The minimum atomic E-state index is -0.193. The first-order valence-corrected chi connectivity index (χ1v) is 7.28. The van der Waals surface area contributed by atoms with Crippen molar-refractivity contribution in [3.05, 3.63) is 39.7 Å². The van der Waals surface area contributed by atoms with Crippen molar-refractivity contribution in [2.75, 3.05) is 6.61 Å². The SMILES string of the molecule is Cc1ccc(C(OCCc2scnc2C)C(C)N)o1. The lowest BCUT2D eigenvalue weighted by atomic mass is 10.1. The van der Waals surface area contributed by atoms with E-state index in [4.69, 9.17) is 14.9 Å². The lowest BCUT2D eigenvalue weighted by Crippen LogP contribution is -2.27. The normalized spacial score (nSPS) is 14.5. The van der Waals surface area contributed by atoms with E-state index >= 15 is 0 Å². The maximum Gasteiger partial charge on any atom is 0.134 e. The third kappa shape index (κ3) is 3.65. The number of rotatable bonds is 6. The highest BCUT2D eigenvalue weighted by Gasteiger charge is 2.20. The molecule has 2 heterocycles. The summed E-state index contributed by atoms with van der Waals surface area (Å²) in [6.45, 7) is 6.49. The van der Waals surface area contributed by atoms with Gasteiger partial charge in [-0.05, 0) is 32.9 Å². The van der Waals surface area contributed by atoms with Crippen molar-refractivity contribution in [2.24, 2.45) is 5.73 Å². The van der Waals surface area contributed by atoms with Gasteiger partial charge in [-0.3, -0.25) is 0 Å². The molecule has 2 aromatic heterocycles. The summed E-state index contributed by atoms with van der Waals surface area (Å²) in [7, 11) is 0. The monoisotopic (exact) mass is 280 g/mol. The summed E-state index contributed by atoms with van der Waals surface area (Å²) >= 11 is 1.66. The van der Waals surface area contributed by atoms with Crippen molar-refractivity contribution >= 4 is 11.3 Å². The molecule has 0 radical (unpaired) electrons. The van der Waals surface area contributed by atoms with E-state index in [1.54, 1.807) is 11.3 Å². The van der Waals surface area contributed by atoms with Crippen LogP contribution in [-0.4, -0.2) is 17.6 Å². The van der Waals surface area contributed by atoms with Crippen molar-refractivity contribution in [1.29, 1.82) is 0 Å². The van der Waals surface area contributed by atoms with Crippen LogP contribution in [0.3, 0.4) is 0 Å². The summed E-state index contributed by atoms with van der Waals surface area (Å²) < 4.78 is 11.5. The van der Waals surface area contributed by atoms with E-state index in [-0.39, 0.29) is 12.1 Å². The Morgan fingerprint density at radius 1 is 1.42 bits per heavy atom. The number of hydrogen-bond acceptors (Lipinski definition) is 5. The van der Waals surface area contributed by atoms with Crippen molar-refractivity contribution < 1.29 is 9.15 Å². The summed E-state index contributed by atoms with van der Waals surface area (Å²) in [5.74, 6) is 1.68. The van der Waals surface area contributed by atoms with Crippen LogP contribution in [0.2, 0.25) is 0 Å². The topological polar surface area (TPSA) is 61.3 Å². The smallest absolute Gasteiger partial charge is 0.134 e. The highest BCUT2D eigenvalue weighted by Crippen LogP contribution is 2.23. The van der Waals surface area contributed by atoms with Gasteiger partial charge < -0.3 is 14.9 Å². The molecule has 0 saturated heterocycles. The Morgan fingerprint density at radius 2 is 2.21 bits per heavy atom. The quantitative estimate of drug-likeness (QED) is 0.883. The second-order valence-electron chi connectivity index (χ2n) is 4.71. The van der Waals surface area contributed by atoms with Crippen molar-refractivity contribution in [3.8, 4) is 0 Å². The lowest BCUT2D eigenvalue weighted by molar-refractivity contribution is 0.0253. The minimum absolute atomic E-state index is 0.104. The molecule has 0 amide bonds. The van der Waals surface area contributed by atoms with Gasteiger partial charge in [-0.1, -0.05) is 0 Å². The zero-order valence-electron chi connectivity index (χ0n) is 11.6. The van der Waals surface area contributed by atoms with Gasteiger partial charge in [-0.2, -0.15) is 0 Å². The summed E-state index contributed by atoms with van der Waals surface area (Å²) in [5, 5.41) is 0. The average Bonchev–Trinajstić information content (AvgIpc) is 2.94. The molecule has 2 atom stereocenters. The van der Waals surface area contributed by atoms with E-state index < -0.39 is 0 Å². The van der Waals surface area contributed by atoms with Crippen LogP contribution in [0.5, 0.6) is 0 Å². The Balaban J connectivity index is 1.93. The predicted molar refractivity (Wildman–Crippen MR) is 76.3 cm³/mol. The first-order chi connectivity index (χ1) is 9.08. The maximum atomic E-state index is 5.97. The van der Waals surface area contributed by atoms with Gasteiger partial charge in [0.1, 0.15) is 17.6 Å². The fraction of sp³-hybridized carbons (Fsp3) is 0.500. The Bertz CT molecular complexity index is 519. The standard InChI is InChI=1S/C14H20N2O2S/c1-9-4-5-12(18-9)14(10(2)15)17-7-6-13-11(3)16-8-19-13/h4-5,8,10,14H,6-7,15H2,1-3H3. The largest absolute Gasteiger partial charge is 0.464 e. The molecule has 0 saturated carbocycles. The van der Waals surface area contributed by atoms with Gasteiger partial charge in [0.15, 0.2) is 0 Å². The number of thiazole rings is 1. The highest BCUT2D eigenvalue weighted by atomic mass is 32.1. The van der Waals surface area contributed by atoms with Crippen molar-refractivity contribution in [2.45, 2.75) is 39.3 Å². The van der Waals surface area contributed by atoms with Crippen molar-refractivity contribution in [3.63, 3.8) is 0 Å². The molecule has 0 bridgehead atoms. The van der Waals surface area contributed by atoms with Crippen LogP contribution in [0.15, 0.2) is 22.1 Å². The van der Waals surface area contributed by atoms with E-state index in [0.29, 0.717) is 6.61 Å². The summed E-state index contributed by atoms with van der Waals surface area (Å²) in [5.41, 5.74) is 8.92. The van der Waals surface area contributed by atoms with Crippen LogP contribution in [0, 0.1) is 13.8 Å². The van der Waals surface area contributed by atoms with Crippen molar-refractivity contribution in [1.82, 2.24) is 4.98 Å². The first-order valence-electron chi connectivity index (χ1n) is 6.40. The summed E-state index contributed by atoms with van der Waals surface area (Å²) in [6, 6.07) is 3.76. The van der Waals surface area contributed by atoms with Crippen LogP contribution < -0.4 is 5.73 Å². The third-order valence-electron chi connectivity index (χ3n) is 2.99. The van der Waals surface area contributed by atoms with Gasteiger partial charge in [-0.25, -0.2) is 4.98 Å². The van der Waals surface area contributed by atoms with E-state index in [9.17, 15) is 0 Å². The van der Waals surface area contributed by atoms with Crippen LogP contribution in [0.25, 0.3) is 0 Å². The highest BCUT2D eigenvalue weighted by molar-refractivity contribution is 7.09. The summed E-state index contributed by atoms with van der Waals surface area (Å²) in [6.07, 6.45) is 0.668. The van der Waals surface area contributed by atoms with Crippen LogP contribution in [-0.2, 0) is 11.2 Å². The van der Waals surface area contributed by atoms with E-state index in [2.05, 4.69) is 4.98 Å². The van der Waals surface area contributed by atoms with Gasteiger partial charge >= 0.3 is 0 Å². The molecule has 2 aromatic rings. The molecule has 0 aliphatic rings. The number of nitrogens with two attached hydrogens (primary N) is 1. The average molecular weight is 280 g/mol. The molecule has 19 heavy (non-hydrogen) atoms. The second-order valence-corrected chi connectivity index (χ2v) is 5.65. The van der Waals surface area contributed by atoms with E-state index in [1.165, 1.54) is 4.88 Å². The fourth-order valence-corrected chi connectivity index (χ4v) is 2.71. The predicted octanol–water partition coefficient (Wildman–Crippen LogP) is 3.00. The van der Waals surface area contributed by atoms with Crippen LogP contribution in [0.1, 0.15) is 35.1 Å². The Labute approximate surface area is 117 Å². The van der Waals surface area contributed by atoms with Gasteiger partial charge in [0.25, 0.3) is 0 Å². The summed E-state index contributed by atoms with van der Waals surface area (Å²) in [4.78, 5) is 5.49. The Morgan fingerprint density at radius 3 is 2.74 bits per heavy atom. The number of aryl methyl sites for hydroxylation is 2. The van der Waals surface area contributed by atoms with Gasteiger partial charge in [-0.15, -0.1) is 11.3 Å².